The average molecular weight is 378 g/mol. The van der Waals surface area contributed by atoms with E-state index in [0.717, 1.165) is 23.3 Å². The maximum atomic E-state index is 6.38. The average Bonchev–Trinajstić information content (AvgIpc) is 2.58. The fourth-order valence-corrected chi connectivity index (χ4v) is 3.07. The standard InChI is InChI=1S/C21H28ClNO3/c1-5-24-20-13-17(6-7-23)12-18(22)21(20)26-9-8-25-19-11-14(2)10-15(3)16(19)4/h10-13H,5-9,23H2,1-4H3. The van der Waals surface area contributed by atoms with Crippen molar-refractivity contribution in [3.05, 3.63) is 51.5 Å². The summed E-state index contributed by atoms with van der Waals surface area (Å²) in [6, 6.07) is 8.01. The SMILES string of the molecule is CCOc1cc(CCN)cc(Cl)c1OCCOc1cc(C)cc(C)c1C. The summed E-state index contributed by atoms with van der Waals surface area (Å²) in [6.45, 7) is 10.0. The highest BCUT2D eigenvalue weighted by Crippen LogP contribution is 2.36. The summed E-state index contributed by atoms with van der Waals surface area (Å²) in [4.78, 5) is 0. The quantitative estimate of drug-likeness (QED) is 0.647. The second-order valence-electron chi connectivity index (χ2n) is 6.28. The van der Waals surface area contributed by atoms with Crippen LogP contribution in [0.2, 0.25) is 5.02 Å². The van der Waals surface area contributed by atoms with E-state index in [0.29, 0.717) is 42.9 Å². The number of aryl methyl sites for hydroxylation is 2. The molecule has 142 valence electrons. The summed E-state index contributed by atoms with van der Waals surface area (Å²) >= 11 is 6.38. The van der Waals surface area contributed by atoms with Gasteiger partial charge in [0.1, 0.15) is 19.0 Å². The Morgan fingerprint density at radius 3 is 2.35 bits per heavy atom. The molecule has 0 amide bonds. The van der Waals surface area contributed by atoms with Gasteiger partial charge < -0.3 is 19.9 Å². The maximum absolute atomic E-state index is 6.38. The normalized spacial score (nSPS) is 10.7. The molecule has 0 spiro atoms. The molecule has 4 nitrogen and oxygen atoms in total. The molecule has 0 bridgehead atoms. The van der Waals surface area contributed by atoms with Gasteiger partial charge >= 0.3 is 0 Å². The van der Waals surface area contributed by atoms with E-state index in [-0.39, 0.29) is 0 Å². The highest BCUT2D eigenvalue weighted by molar-refractivity contribution is 6.32. The number of hydrogen-bond donors (Lipinski definition) is 1. The van der Waals surface area contributed by atoms with E-state index in [4.69, 9.17) is 31.5 Å². The molecular weight excluding hydrogens is 350 g/mol. The highest BCUT2D eigenvalue weighted by Gasteiger charge is 2.13. The topological polar surface area (TPSA) is 53.7 Å². The van der Waals surface area contributed by atoms with Crippen molar-refractivity contribution < 1.29 is 14.2 Å². The number of hydrogen-bond acceptors (Lipinski definition) is 4. The number of halogens is 1. The molecule has 0 aliphatic heterocycles. The maximum Gasteiger partial charge on any atom is 0.179 e. The summed E-state index contributed by atoms with van der Waals surface area (Å²) in [5.74, 6) is 2.08. The van der Waals surface area contributed by atoms with Crippen molar-refractivity contribution in [2.75, 3.05) is 26.4 Å². The van der Waals surface area contributed by atoms with Gasteiger partial charge in [0.25, 0.3) is 0 Å². The van der Waals surface area contributed by atoms with E-state index >= 15 is 0 Å². The Bertz CT molecular complexity index is 747. The molecule has 0 heterocycles. The molecule has 2 aromatic carbocycles. The van der Waals surface area contributed by atoms with Crippen molar-refractivity contribution in [1.82, 2.24) is 0 Å². The smallest absolute Gasteiger partial charge is 0.179 e. The van der Waals surface area contributed by atoms with Gasteiger partial charge in [0, 0.05) is 0 Å². The van der Waals surface area contributed by atoms with Crippen LogP contribution >= 0.6 is 11.6 Å². The van der Waals surface area contributed by atoms with Gasteiger partial charge in [0.2, 0.25) is 0 Å². The predicted octanol–water partition coefficient (Wildman–Crippen LogP) is 4.62. The molecule has 26 heavy (non-hydrogen) atoms. The largest absolute Gasteiger partial charge is 0.490 e. The molecule has 0 fully saturated rings. The Hall–Kier alpha value is -1.91. The lowest BCUT2D eigenvalue weighted by atomic mass is 10.1. The first kappa shape index (κ1) is 20.4. The van der Waals surface area contributed by atoms with Gasteiger partial charge in [-0.05, 0) is 81.1 Å². The molecule has 2 rings (SSSR count). The van der Waals surface area contributed by atoms with Gasteiger partial charge in [-0.15, -0.1) is 0 Å². The lowest BCUT2D eigenvalue weighted by molar-refractivity contribution is 0.207. The molecule has 0 aromatic heterocycles. The van der Waals surface area contributed by atoms with E-state index < -0.39 is 0 Å². The van der Waals surface area contributed by atoms with Crippen LogP contribution in [0.4, 0.5) is 0 Å². The van der Waals surface area contributed by atoms with Gasteiger partial charge in [-0.25, -0.2) is 0 Å². The first-order valence-electron chi connectivity index (χ1n) is 8.95. The van der Waals surface area contributed by atoms with Crippen molar-refractivity contribution in [3.63, 3.8) is 0 Å². The third-order valence-electron chi connectivity index (χ3n) is 4.15. The zero-order chi connectivity index (χ0) is 19.1. The van der Waals surface area contributed by atoms with Crippen LogP contribution in [0.15, 0.2) is 24.3 Å². The second kappa shape index (κ2) is 9.70. The summed E-state index contributed by atoms with van der Waals surface area (Å²) in [6.07, 6.45) is 0.745. The first-order chi connectivity index (χ1) is 12.5. The second-order valence-corrected chi connectivity index (χ2v) is 6.69. The Morgan fingerprint density at radius 1 is 0.923 bits per heavy atom. The van der Waals surface area contributed by atoms with Crippen LogP contribution in [0.25, 0.3) is 0 Å². The zero-order valence-corrected chi connectivity index (χ0v) is 16.8. The Kier molecular flexibility index (Phi) is 7.61. The van der Waals surface area contributed by atoms with E-state index in [2.05, 4.69) is 26.8 Å². The van der Waals surface area contributed by atoms with E-state index in [1.54, 1.807) is 0 Å². The fraction of sp³-hybridized carbons (Fsp3) is 0.429. The number of ether oxygens (including phenoxy) is 3. The summed E-state index contributed by atoms with van der Waals surface area (Å²) in [7, 11) is 0. The van der Waals surface area contributed by atoms with Crippen LogP contribution in [0, 0.1) is 20.8 Å². The van der Waals surface area contributed by atoms with Gasteiger partial charge in [-0.3, -0.25) is 0 Å². The molecule has 5 heteroatoms. The van der Waals surface area contributed by atoms with E-state index in [9.17, 15) is 0 Å². The lowest BCUT2D eigenvalue weighted by Crippen LogP contribution is -2.11. The predicted molar refractivity (Wildman–Crippen MR) is 107 cm³/mol. The molecule has 2 N–H and O–H groups in total. The third kappa shape index (κ3) is 5.29. The molecule has 0 saturated carbocycles. The molecule has 2 aromatic rings. The number of benzene rings is 2. The summed E-state index contributed by atoms with van der Waals surface area (Å²) in [5.41, 5.74) is 10.2. The summed E-state index contributed by atoms with van der Waals surface area (Å²) < 4.78 is 17.4. The molecule has 0 saturated heterocycles. The van der Waals surface area contributed by atoms with Gasteiger partial charge in [0.05, 0.1) is 11.6 Å². The van der Waals surface area contributed by atoms with Gasteiger partial charge in [0.15, 0.2) is 11.5 Å². The first-order valence-corrected chi connectivity index (χ1v) is 9.32. The number of nitrogens with two attached hydrogens (primary N) is 1. The van der Waals surface area contributed by atoms with Crippen molar-refractivity contribution in [2.24, 2.45) is 5.73 Å². The lowest BCUT2D eigenvalue weighted by Gasteiger charge is -2.16. The minimum absolute atomic E-state index is 0.377. The third-order valence-corrected chi connectivity index (χ3v) is 4.43. The van der Waals surface area contributed by atoms with E-state index in [1.165, 1.54) is 11.1 Å². The van der Waals surface area contributed by atoms with Gasteiger partial charge in [-0.1, -0.05) is 17.7 Å². The monoisotopic (exact) mass is 377 g/mol. The minimum Gasteiger partial charge on any atom is -0.490 e. The summed E-state index contributed by atoms with van der Waals surface area (Å²) in [5, 5.41) is 0.530. The zero-order valence-electron chi connectivity index (χ0n) is 16.0. The van der Waals surface area contributed by atoms with Crippen LogP contribution in [0.5, 0.6) is 17.2 Å². The van der Waals surface area contributed by atoms with Crippen LogP contribution < -0.4 is 19.9 Å². The highest BCUT2D eigenvalue weighted by atomic mass is 35.5. The van der Waals surface area contributed by atoms with Gasteiger partial charge in [-0.2, -0.15) is 0 Å². The van der Waals surface area contributed by atoms with Crippen molar-refractivity contribution in [2.45, 2.75) is 34.1 Å². The molecule has 0 atom stereocenters. The van der Waals surface area contributed by atoms with Crippen LogP contribution in [-0.2, 0) is 6.42 Å². The molecule has 0 aliphatic carbocycles. The Labute approximate surface area is 161 Å². The van der Waals surface area contributed by atoms with Crippen LogP contribution in [0.1, 0.15) is 29.2 Å². The van der Waals surface area contributed by atoms with Crippen molar-refractivity contribution in [1.29, 1.82) is 0 Å². The molecule has 0 aliphatic rings. The molecule has 0 unspecified atom stereocenters. The van der Waals surface area contributed by atoms with Crippen LogP contribution in [0.3, 0.4) is 0 Å². The Balaban J connectivity index is 2.03. The minimum atomic E-state index is 0.377. The van der Waals surface area contributed by atoms with E-state index in [1.807, 2.05) is 25.1 Å². The molecule has 0 radical (unpaired) electrons. The van der Waals surface area contributed by atoms with Crippen LogP contribution in [-0.4, -0.2) is 26.4 Å². The van der Waals surface area contributed by atoms with Crippen molar-refractivity contribution >= 4 is 11.6 Å². The fourth-order valence-electron chi connectivity index (χ4n) is 2.78. The Morgan fingerprint density at radius 2 is 1.65 bits per heavy atom. The van der Waals surface area contributed by atoms with Crippen molar-refractivity contribution in [3.8, 4) is 17.2 Å². The molecular formula is C21H28ClNO3. The number of rotatable bonds is 9.